The van der Waals surface area contributed by atoms with Gasteiger partial charge in [0.25, 0.3) is 0 Å². The first-order valence-corrected chi connectivity index (χ1v) is 7.61. The fourth-order valence-electron chi connectivity index (χ4n) is 2.65. The van der Waals surface area contributed by atoms with Gasteiger partial charge in [0.2, 0.25) is 0 Å². The molecule has 2 aromatic rings. The molecule has 0 N–H and O–H groups in total. The van der Waals surface area contributed by atoms with Gasteiger partial charge in [-0.05, 0) is 42.7 Å². The van der Waals surface area contributed by atoms with E-state index in [2.05, 4.69) is 0 Å². The van der Waals surface area contributed by atoms with E-state index in [-0.39, 0.29) is 11.5 Å². The van der Waals surface area contributed by atoms with E-state index in [1.165, 1.54) is 18.2 Å². The van der Waals surface area contributed by atoms with E-state index in [1.807, 2.05) is 24.3 Å². The van der Waals surface area contributed by atoms with Crippen LogP contribution in [-0.2, 0) is 17.4 Å². The highest BCUT2D eigenvalue weighted by Crippen LogP contribution is 2.32. The van der Waals surface area contributed by atoms with Gasteiger partial charge in [-0.1, -0.05) is 24.3 Å². The number of fused-ring (bicyclic) bond motifs is 1. The minimum absolute atomic E-state index is 0.0496. The summed E-state index contributed by atoms with van der Waals surface area (Å²) in [4.78, 5) is 11.9. The molecule has 0 aromatic heterocycles. The van der Waals surface area contributed by atoms with Crippen molar-refractivity contribution in [2.75, 3.05) is 0 Å². The van der Waals surface area contributed by atoms with E-state index in [9.17, 15) is 18.0 Å². The topological polar surface area (TPSA) is 26.3 Å². The molecular weight excluding hydrogens is 317 g/mol. The van der Waals surface area contributed by atoms with Crippen LogP contribution >= 0.6 is 0 Å². The molecule has 2 aromatic carbocycles. The number of hydrogen-bond acceptors (Lipinski definition) is 2. The van der Waals surface area contributed by atoms with Gasteiger partial charge in [0, 0.05) is 18.1 Å². The van der Waals surface area contributed by atoms with Gasteiger partial charge in [-0.15, -0.1) is 0 Å². The Morgan fingerprint density at radius 1 is 0.917 bits per heavy atom. The Morgan fingerprint density at radius 2 is 1.62 bits per heavy atom. The van der Waals surface area contributed by atoms with Crippen LogP contribution in [0.25, 0.3) is 5.76 Å². The van der Waals surface area contributed by atoms with E-state index in [0.29, 0.717) is 12.2 Å². The molecule has 1 aliphatic carbocycles. The average molecular weight is 332 g/mol. The molecule has 0 heterocycles. The zero-order valence-electron chi connectivity index (χ0n) is 12.8. The molecule has 0 radical (unpaired) electrons. The fraction of sp³-hybridized carbons (Fsp3) is 0.211. The fourth-order valence-corrected chi connectivity index (χ4v) is 2.65. The Balaban J connectivity index is 1.92. The monoisotopic (exact) mass is 332 g/mol. The van der Waals surface area contributed by atoms with Crippen molar-refractivity contribution in [1.29, 1.82) is 0 Å². The van der Waals surface area contributed by atoms with Gasteiger partial charge in [0.05, 0.1) is 5.56 Å². The Morgan fingerprint density at radius 3 is 2.33 bits per heavy atom. The first kappa shape index (κ1) is 16.3. The summed E-state index contributed by atoms with van der Waals surface area (Å²) < 4.78 is 43.6. The minimum atomic E-state index is -4.39. The number of alkyl halides is 3. The lowest BCUT2D eigenvalue weighted by molar-refractivity contribution is -0.137. The van der Waals surface area contributed by atoms with E-state index in [0.717, 1.165) is 36.1 Å². The Labute approximate surface area is 137 Å². The Hall–Kier alpha value is -2.56. The summed E-state index contributed by atoms with van der Waals surface area (Å²) in [6, 6.07) is 12.0. The summed E-state index contributed by atoms with van der Waals surface area (Å²) >= 11 is 0. The third kappa shape index (κ3) is 3.67. The van der Waals surface area contributed by atoms with Crippen LogP contribution in [0, 0.1) is 0 Å². The van der Waals surface area contributed by atoms with Gasteiger partial charge < -0.3 is 4.74 Å². The average Bonchev–Trinajstić information content (AvgIpc) is 2.53. The van der Waals surface area contributed by atoms with Crippen molar-refractivity contribution in [2.45, 2.75) is 25.4 Å². The molecule has 2 nitrogen and oxygen atoms in total. The number of halogens is 3. The molecule has 1 aliphatic rings. The lowest BCUT2D eigenvalue weighted by atomic mass is 9.96. The second-order valence-corrected chi connectivity index (χ2v) is 5.61. The lowest BCUT2D eigenvalue weighted by Gasteiger charge is -2.17. The predicted octanol–water partition coefficient (Wildman–Crippen LogP) is 5.03. The van der Waals surface area contributed by atoms with Gasteiger partial charge in [-0.3, -0.25) is 4.79 Å². The number of allylic oxidation sites excluding steroid dienone is 1. The largest absolute Gasteiger partial charge is 0.457 e. The van der Waals surface area contributed by atoms with Crippen LogP contribution in [0.4, 0.5) is 13.2 Å². The molecule has 124 valence electrons. The highest BCUT2D eigenvalue weighted by atomic mass is 19.4. The van der Waals surface area contributed by atoms with Crippen molar-refractivity contribution in [2.24, 2.45) is 0 Å². The van der Waals surface area contributed by atoms with Gasteiger partial charge in [0.1, 0.15) is 11.5 Å². The number of hydrogen-bond donors (Lipinski definition) is 0. The summed E-state index contributed by atoms with van der Waals surface area (Å²) in [6.45, 7) is 0. The maximum atomic E-state index is 12.6. The molecule has 0 saturated heterocycles. The summed E-state index contributed by atoms with van der Waals surface area (Å²) in [5.74, 6) is 0.582. The van der Waals surface area contributed by atoms with Crippen molar-refractivity contribution >= 4 is 11.5 Å². The third-order valence-electron chi connectivity index (χ3n) is 3.85. The number of aryl methyl sites for hydroxylation is 1. The molecule has 0 aliphatic heterocycles. The normalized spacial score (nSPS) is 15.1. The van der Waals surface area contributed by atoms with Crippen LogP contribution in [0.3, 0.4) is 0 Å². The van der Waals surface area contributed by atoms with Crippen LogP contribution < -0.4 is 4.74 Å². The number of benzene rings is 2. The SMILES string of the molecule is O=C1C=C(Oc2ccc(C(F)(F)F)cc2)c2ccccc2CCC1. The van der Waals surface area contributed by atoms with E-state index < -0.39 is 11.7 Å². The van der Waals surface area contributed by atoms with Gasteiger partial charge in [0.15, 0.2) is 5.78 Å². The zero-order valence-corrected chi connectivity index (χ0v) is 12.8. The molecule has 0 unspecified atom stereocenters. The van der Waals surface area contributed by atoms with Gasteiger partial charge in [-0.25, -0.2) is 0 Å². The quantitative estimate of drug-likeness (QED) is 0.771. The molecular formula is C19H15F3O2. The van der Waals surface area contributed by atoms with Crippen LogP contribution in [-0.4, -0.2) is 5.78 Å². The van der Waals surface area contributed by atoms with Crippen LogP contribution in [0.15, 0.2) is 54.6 Å². The summed E-state index contributed by atoms with van der Waals surface area (Å²) in [5, 5.41) is 0. The zero-order chi connectivity index (χ0) is 17.2. The number of ketones is 1. The number of rotatable bonds is 2. The predicted molar refractivity (Wildman–Crippen MR) is 84.4 cm³/mol. The third-order valence-corrected chi connectivity index (χ3v) is 3.85. The van der Waals surface area contributed by atoms with Gasteiger partial charge in [-0.2, -0.15) is 13.2 Å². The molecule has 0 bridgehead atoms. The summed E-state index contributed by atoms with van der Waals surface area (Å²) in [6.07, 6.45) is -1.01. The molecule has 0 amide bonds. The first-order chi connectivity index (χ1) is 11.4. The van der Waals surface area contributed by atoms with Crippen molar-refractivity contribution in [3.05, 3.63) is 71.3 Å². The maximum Gasteiger partial charge on any atom is 0.416 e. The van der Waals surface area contributed by atoms with E-state index in [1.54, 1.807) is 0 Å². The van der Waals surface area contributed by atoms with Crippen molar-refractivity contribution in [1.82, 2.24) is 0 Å². The Kier molecular flexibility index (Phi) is 4.42. The highest BCUT2D eigenvalue weighted by Gasteiger charge is 2.30. The molecule has 0 fully saturated rings. The molecule has 0 spiro atoms. The molecule has 0 atom stereocenters. The van der Waals surface area contributed by atoms with E-state index >= 15 is 0 Å². The summed E-state index contributed by atoms with van der Waals surface area (Å²) in [7, 11) is 0. The van der Waals surface area contributed by atoms with Crippen molar-refractivity contribution in [3.63, 3.8) is 0 Å². The molecule has 24 heavy (non-hydrogen) atoms. The number of carbonyl (C=O) groups is 1. The van der Waals surface area contributed by atoms with Crippen molar-refractivity contribution < 1.29 is 22.7 Å². The minimum Gasteiger partial charge on any atom is -0.457 e. The van der Waals surface area contributed by atoms with Crippen LogP contribution in [0.5, 0.6) is 5.75 Å². The second kappa shape index (κ2) is 6.51. The van der Waals surface area contributed by atoms with Crippen LogP contribution in [0.2, 0.25) is 0 Å². The molecule has 5 heteroatoms. The maximum absolute atomic E-state index is 12.6. The van der Waals surface area contributed by atoms with Gasteiger partial charge >= 0.3 is 6.18 Å². The number of ether oxygens (including phenoxy) is 1. The summed E-state index contributed by atoms with van der Waals surface area (Å²) in [5.41, 5.74) is 1.12. The first-order valence-electron chi connectivity index (χ1n) is 7.61. The second-order valence-electron chi connectivity index (χ2n) is 5.61. The van der Waals surface area contributed by atoms with E-state index in [4.69, 9.17) is 4.74 Å². The molecule has 3 rings (SSSR count). The van der Waals surface area contributed by atoms with Crippen molar-refractivity contribution in [3.8, 4) is 5.75 Å². The number of carbonyl (C=O) groups excluding carboxylic acids is 1. The smallest absolute Gasteiger partial charge is 0.416 e. The standard InChI is InChI=1S/C19H15F3O2/c20-19(21,22)14-8-10-16(11-9-14)24-18-12-15(23)6-3-5-13-4-1-2-7-17(13)18/h1-2,4,7-12H,3,5-6H2. The highest BCUT2D eigenvalue weighted by molar-refractivity contribution is 5.96. The Bertz CT molecular complexity index is 774. The molecule has 0 saturated carbocycles. The van der Waals surface area contributed by atoms with Crippen LogP contribution in [0.1, 0.15) is 29.5 Å². The lowest BCUT2D eigenvalue weighted by Crippen LogP contribution is -2.08.